The van der Waals surface area contributed by atoms with Crippen molar-refractivity contribution in [1.82, 2.24) is 0 Å². The van der Waals surface area contributed by atoms with Crippen molar-refractivity contribution < 1.29 is 9.59 Å². The van der Waals surface area contributed by atoms with Crippen LogP contribution in [-0.4, -0.2) is 18.4 Å². The standard InChI is InChI=1S/C20H22N2O2/c1-3-15-9-7-8-14(2)19(15)21-20(24)16-12-18(23)22(13-16)17-10-5-4-6-11-17/h4-11,16H,3,12-13H2,1-2H3,(H,21,24)/t16-/m0/s1. The molecule has 0 spiro atoms. The molecule has 0 aliphatic carbocycles. The molecule has 0 bridgehead atoms. The van der Waals surface area contributed by atoms with Crippen LogP contribution in [0.1, 0.15) is 24.5 Å². The summed E-state index contributed by atoms with van der Waals surface area (Å²) in [7, 11) is 0. The van der Waals surface area contributed by atoms with Gasteiger partial charge in [0.05, 0.1) is 5.92 Å². The van der Waals surface area contributed by atoms with Gasteiger partial charge in [0, 0.05) is 24.3 Å². The molecule has 2 aromatic carbocycles. The average molecular weight is 322 g/mol. The Morgan fingerprint density at radius 3 is 2.62 bits per heavy atom. The quantitative estimate of drug-likeness (QED) is 0.936. The Labute approximate surface area is 142 Å². The SMILES string of the molecule is CCc1cccc(C)c1NC(=O)[C@H]1CC(=O)N(c2ccccc2)C1. The molecule has 0 unspecified atom stereocenters. The van der Waals surface area contributed by atoms with Gasteiger partial charge in [-0.05, 0) is 36.6 Å². The van der Waals surface area contributed by atoms with Crippen LogP contribution in [0.5, 0.6) is 0 Å². The number of anilines is 2. The summed E-state index contributed by atoms with van der Waals surface area (Å²) < 4.78 is 0. The van der Waals surface area contributed by atoms with Crippen molar-refractivity contribution >= 4 is 23.2 Å². The summed E-state index contributed by atoms with van der Waals surface area (Å²) in [5.41, 5.74) is 3.90. The van der Waals surface area contributed by atoms with Crippen molar-refractivity contribution in [1.29, 1.82) is 0 Å². The zero-order chi connectivity index (χ0) is 17.1. The number of hydrogen-bond donors (Lipinski definition) is 1. The molecule has 1 aliphatic heterocycles. The predicted octanol–water partition coefficient (Wildman–Crippen LogP) is 3.55. The van der Waals surface area contributed by atoms with Gasteiger partial charge in [-0.2, -0.15) is 0 Å². The molecular weight excluding hydrogens is 300 g/mol. The molecule has 1 aliphatic rings. The molecule has 0 saturated carbocycles. The number of nitrogens with zero attached hydrogens (tertiary/aromatic N) is 1. The minimum absolute atomic E-state index is 0.00171. The summed E-state index contributed by atoms with van der Waals surface area (Å²) in [6.45, 7) is 4.49. The molecule has 0 aromatic heterocycles. The zero-order valence-corrected chi connectivity index (χ0v) is 14.1. The van der Waals surface area contributed by atoms with E-state index in [0.29, 0.717) is 6.54 Å². The number of carbonyl (C=O) groups excluding carboxylic acids is 2. The van der Waals surface area contributed by atoms with E-state index in [1.165, 1.54) is 0 Å². The van der Waals surface area contributed by atoms with E-state index in [-0.39, 0.29) is 24.2 Å². The van der Waals surface area contributed by atoms with Crippen molar-refractivity contribution in [3.63, 3.8) is 0 Å². The Morgan fingerprint density at radius 2 is 1.92 bits per heavy atom. The van der Waals surface area contributed by atoms with E-state index in [0.717, 1.165) is 28.9 Å². The van der Waals surface area contributed by atoms with Crippen LogP contribution in [0.3, 0.4) is 0 Å². The van der Waals surface area contributed by atoms with Gasteiger partial charge in [0.2, 0.25) is 11.8 Å². The molecule has 4 heteroatoms. The van der Waals surface area contributed by atoms with Gasteiger partial charge >= 0.3 is 0 Å². The van der Waals surface area contributed by atoms with Gasteiger partial charge < -0.3 is 10.2 Å². The maximum atomic E-state index is 12.7. The number of carbonyl (C=O) groups is 2. The maximum Gasteiger partial charge on any atom is 0.229 e. The van der Waals surface area contributed by atoms with Gasteiger partial charge in [-0.25, -0.2) is 0 Å². The van der Waals surface area contributed by atoms with E-state index in [4.69, 9.17) is 0 Å². The first-order valence-corrected chi connectivity index (χ1v) is 8.35. The van der Waals surface area contributed by atoms with Gasteiger partial charge in [-0.15, -0.1) is 0 Å². The lowest BCUT2D eigenvalue weighted by molar-refractivity contribution is -0.122. The minimum atomic E-state index is -0.318. The third-order valence-corrected chi connectivity index (χ3v) is 4.55. The number of aryl methyl sites for hydroxylation is 2. The van der Waals surface area contributed by atoms with Crippen molar-refractivity contribution in [3.8, 4) is 0 Å². The average Bonchev–Trinajstić information content (AvgIpc) is 2.99. The van der Waals surface area contributed by atoms with E-state index in [1.54, 1.807) is 4.90 Å². The summed E-state index contributed by atoms with van der Waals surface area (Å²) in [5, 5.41) is 3.05. The molecule has 2 amide bonds. The zero-order valence-electron chi connectivity index (χ0n) is 14.1. The van der Waals surface area contributed by atoms with Crippen LogP contribution < -0.4 is 10.2 Å². The first kappa shape index (κ1) is 16.2. The van der Waals surface area contributed by atoms with E-state index < -0.39 is 0 Å². The van der Waals surface area contributed by atoms with Crippen molar-refractivity contribution in [2.45, 2.75) is 26.7 Å². The molecule has 24 heavy (non-hydrogen) atoms. The third-order valence-electron chi connectivity index (χ3n) is 4.55. The first-order valence-electron chi connectivity index (χ1n) is 8.35. The lowest BCUT2D eigenvalue weighted by Gasteiger charge is -2.18. The molecule has 4 nitrogen and oxygen atoms in total. The topological polar surface area (TPSA) is 49.4 Å². The molecule has 124 valence electrons. The van der Waals surface area contributed by atoms with Crippen LogP contribution in [0.15, 0.2) is 48.5 Å². The van der Waals surface area contributed by atoms with Crippen LogP contribution in [0.2, 0.25) is 0 Å². The Bertz CT molecular complexity index is 755. The van der Waals surface area contributed by atoms with Crippen LogP contribution >= 0.6 is 0 Å². The lowest BCUT2D eigenvalue weighted by atomic mass is 10.0. The maximum absolute atomic E-state index is 12.7. The monoisotopic (exact) mass is 322 g/mol. The molecule has 1 fully saturated rings. The summed E-state index contributed by atoms with van der Waals surface area (Å²) in [6.07, 6.45) is 1.12. The number of amides is 2. The van der Waals surface area contributed by atoms with Crippen molar-refractivity contribution in [2.24, 2.45) is 5.92 Å². The minimum Gasteiger partial charge on any atom is -0.325 e. The summed E-state index contributed by atoms with van der Waals surface area (Å²) in [4.78, 5) is 26.6. The van der Waals surface area contributed by atoms with E-state index in [2.05, 4.69) is 12.2 Å². The predicted molar refractivity (Wildman–Crippen MR) is 96.1 cm³/mol. The number of rotatable bonds is 4. The molecule has 1 atom stereocenters. The normalized spacial score (nSPS) is 17.2. The highest BCUT2D eigenvalue weighted by atomic mass is 16.2. The van der Waals surface area contributed by atoms with Gasteiger partial charge in [-0.3, -0.25) is 9.59 Å². The second-order valence-corrected chi connectivity index (χ2v) is 6.19. The van der Waals surface area contributed by atoms with Gasteiger partial charge in [0.15, 0.2) is 0 Å². The molecule has 0 radical (unpaired) electrons. The number of para-hydroxylation sites is 2. The van der Waals surface area contributed by atoms with Gasteiger partial charge in [0.1, 0.15) is 0 Å². The van der Waals surface area contributed by atoms with Crippen molar-refractivity contribution in [3.05, 3.63) is 59.7 Å². The fourth-order valence-electron chi connectivity index (χ4n) is 3.17. The third kappa shape index (κ3) is 3.18. The second kappa shape index (κ2) is 6.87. The van der Waals surface area contributed by atoms with Crippen molar-refractivity contribution in [2.75, 3.05) is 16.8 Å². The molecule has 2 aromatic rings. The molecule has 1 heterocycles. The Kier molecular flexibility index (Phi) is 4.65. The molecular formula is C20H22N2O2. The highest BCUT2D eigenvalue weighted by Crippen LogP contribution is 2.27. The van der Waals surface area contributed by atoms with E-state index in [9.17, 15) is 9.59 Å². The van der Waals surface area contributed by atoms with Crippen LogP contribution in [0.25, 0.3) is 0 Å². The van der Waals surface area contributed by atoms with Crippen LogP contribution in [0, 0.1) is 12.8 Å². The first-order chi connectivity index (χ1) is 11.6. The number of hydrogen-bond acceptors (Lipinski definition) is 2. The largest absolute Gasteiger partial charge is 0.325 e. The Hall–Kier alpha value is -2.62. The Morgan fingerprint density at radius 1 is 1.17 bits per heavy atom. The van der Waals surface area contributed by atoms with Gasteiger partial charge in [-0.1, -0.05) is 43.3 Å². The highest BCUT2D eigenvalue weighted by molar-refractivity contribution is 6.03. The number of benzene rings is 2. The van der Waals surface area contributed by atoms with Crippen LogP contribution in [-0.2, 0) is 16.0 Å². The Balaban J connectivity index is 1.74. The summed E-state index contributed by atoms with van der Waals surface area (Å²) in [5.74, 6) is -0.394. The number of nitrogens with one attached hydrogen (secondary N) is 1. The molecule has 3 rings (SSSR count). The van der Waals surface area contributed by atoms with E-state index in [1.807, 2.05) is 55.5 Å². The van der Waals surface area contributed by atoms with E-state index >= 15 is 0 Å². The summed E-state index contributed by atoms with van der Waals surface area (Å²) in [6, 6.07) is 15.5. The second-order valence-electron chi connectivity index (χ2n) is 6.19. The van der Waals surface area contributed by atoms with Crippen LogP contribution in [0.4, 0.5) is 11.4 Å². The lowest BCUT2D eigenvalue weighted by Crippen LogP contribution is -2.28. The smallest absolute Gasteiger partial charge is 0.229 e. The fourth-order valence-corrected chi connectivity index (χ4v) is 3.17. The summed E-state index contributed by atoms with van der Waals surface area (Å²) >= 11 is 0. The molecule has 1 N–H and O–H groups in total. The fraction of sp³-hybridized carbons (Fsp3) is 0.300. The highest BCUT2D eigenvalue weighted by Gasteiger charge is 2.35. The molecule has 1 saturated heterocycles. The van der Waals surface area contributed by atoms with Gasteiger partial charge in [0.25, 0.3) is 0 Å².